The van der Waals surface area contributed by atoms with Gasteiger partial charge in [0.15, 0.2) is 0 Å². The van der Waals surface area contributed by atoms with Crippen molar-refractivity contribution >= 4 is 0 Å². The lowest BCUT2D eigenvalue weighted by Gasteiger charge is -2.09. The molecule has 1 rings (SSSR count). The topological polar surface area (TPSA) is 33.0 Å². The van der Waals surface area contributed by atoms with Crippen molar-refractivity contribution in [2.24, 2.45) is 0 Å². The van der Waals surface area contributed by atoms with Gasteiger partial charge >= 0.3 is 0 Å². The Morgan fingerprint density at radius 3 is 2.57 bits per heavy atom. The standard InChI is InChI=1S/C12H15NO/c1-4-14-12-6-10(8-13)5-11(7-12)9(2)3/h5-7,9H,4H2,1-3H3. The third-order valence-electron chi connectivity index (χ3n) is 2.04. The first-order chi connectivity index (χ1) is 6.67. The minimum absolute atomic E-state index is 0.419. The van der Waals surface area contributed by atoms with Gasteiger partial charge in [-0.25, -0.2) is 0 Å². The van der Waals surface area contributed by atoms with E-state index in [-0.39, 0.29) is 0 Å². The summed E-state index contributed by atoms with van der Waals surface area (Å²) < 4.78 is 5.39. The molecule has 1 aromatic rings. The van der Waals surface area contributed by atoms with Crippen molar-refractivity contribution < 1.29 is 4.74 Å². The summed E-state index contributed by atoms with van der Waals surface area (Å²) in [5.74, 6) is 1.21. The lowest BCUT2D eigenvalue weighted by molar-refractivity contribution is 0.339. The average Bonchev–Trinajstić information content (AvgIpc) is 2.17. The second kappa shape index (κ2) is 4.66. The van der Waals surface area contributed by atoms with Gasteiger partial charge in [0.1, 0.15) is 5.75 Å². The molecule has 0 unspecified atom stereocenters. The molecule has 0 fully saturated rings. The van der Waals surface area contributed by atoms with Crippen molar-refractivity contribution in [2.45, 2.75) is 26.7 Å². The fourth-order valence-corrected chi connectivity index (χ4v) is 1.27. The third-order valence-corrected chi connectivity index (χ3v) is 2.04. The summed E-state index contributed by atoms with van der Waals surface area (Å²) >= 11 is 0. The van der Waals surface area contributed by atoms with Gasteiger partial charge in [-0.2, -0.15) is 5.26 Å². The number of benzene rings is 1. The number of hydrogen-bond donors (Lipinski definition) is 0. The molecule has 0 spiro atoms. The molecule has 0 aliphatic carbocycles. The van der Waals surface area contributed by atoms with Gasteiger partial charge in [0, 0.05) is 0 Å². The molecule has 0 aliphatic rings. The number of rotatable bonds is 3. The van der Waals surface area contributed by atoms with E-state index in [1.807, 2.05) is 19.1 Å². The zero-order valence-electron chi connectivity index (χ0n) is 8.87. The Balaban J connectivity index is 3.08. The van der Waals surface area contributed by atoms with Crippen LogP contribution < -0.4 is 4.74 Å². The minimum Gasteiger partial charge on any atom is -0.494 e. The van der Waals surface area contributed by atoms with E-state index in [2.05, 4.69) is 19.9 Å². The van der Waals surface area contributed by atoms with Crippen LogP contribution in [-0.4, -0.2) is 6.61 Å². The van der Waals surface area contributed by atoms with Crippen molar-refractivity contribution in [3.8, 4) is 11.8 Å². The van der Waals surface area contributed by atoms with Crippen molar-refractivity contribution in [3.05, 3.63) is 29.3 Å². The predicted octanol–water partition coefficient (Wildman–Crippen LogP) is 3.08. The number of nitrogens with zero attached hydrogens (tertiary/aromatic N) is 1. The summed E-state index contributed by atoms with van der Waals surface area (Å²) in [6.45, 7) is 6.78. The van der Waals surface area contributed by atoms with Gasteiger partial charge in [-0.15, -0.1) is 0 Å². The van der Waals surface area contributed by atoms with Gasteiger partial charge in [0.2, 0.25) is 0 Å². The highest BCUT2D eigenvalue weighted by Gasteiger charge is 2.04. The zero-order valence-corrected chi connectivity index (χ0v) is 8.87. The molecule has 0 radical (unpaired) electrons. The average molecular weight is 189 g/mol. The van der Waals surface area contributed by atoms with E-state index in [9.17, 15) is 0 Å². The van der Waals surface area contributed by atoms with Crippen LogP contribution in [0.5, 0.6) is 5.75 Å². The van der Waals surface area contributed by atoms with Crippen molar-refractivity contribution in [2.75, 3.05) is 6.61 Å². The Hall–Kier alpha value is -1.49. The van der Waals surface area contributed by atoms with E-state index in [0.29, 0.717) is 18.1 Å². The maximum absolute atomic E-state index is 8.83. The molecule has 2 nitrogen and oxygen atoms in total. The van der Waals surface area contributed by atoms with Crippen LogP contribution in [0.25, 0.3) is 0 Å². The Bertz CT molecular complexity index is 350. The van der Waals surface area contributed by atoms with E-state index in [1.165, 1.54) is 0 Å². The van der Waals surface area contributed by atoms with E-state index in [4.69, 9.17) is 10.00 Å². The van der Waals surface area contributed by atoms with Crippen LogP contribution in [0.4, 0.5) is 0 Å². The second-order valence-corrected chi connectivity index (χ2v) is 3.49. The second-order valence-electron chi connectivity index (χ2n) is 3.49. The molecule has 0 bridgehead atoms. The van der Waals surface area contributed by atoms with Crippen molar-refractivity contribution in [1.82, 2.24) is 0 Å². The summed E-state index contributed by atoms with van der Waals surface area (Å²) in [6, 6.07) is 7.82. The zero-order chi connectivity index (χ0) is 10.6. The monoisotopic (exact) mass is 189 g/mol. The summed E-state index contributed by atoms with van der Waals surface area (Å²) in [4.78, 5) is 0. The molecule has 0 aromatic heterocycles. The number of hydrogen-bond acceptors (Lipinski definition) is 2. The highest BCUT2D eigenvalue weighted by Crippen LogP contribution is 2.22. The highest BCUT2D eigenvalue weighted by atomic mass is 16.5. The Morgan fingerprint density at radius 1 is 1.36 bits per heavy atom. The Morgan fingerprint density at radius 2 is 2.07 bits per heavy atom. The molecule has 0 N–H and O–H groups in total. The van der Waals surface area contributed by atoms with Gasteiger partial charge < -0.3 is 4.74 Å². The fourth-order valence-electron chi connectivity index (χ4n) is 1.27. The first-order valence-electron chi connectivity index (χ1n) is 4.85. The molecule has 0 aliphatic heterocycles. The highest BCUT2D eigenvalue weighted by molar-refractivity contribution is 5.41. The van der Waals surface area contributed by atoms with E-state index < -0.39 is 0 Å². The van der Waals surface area contributed by atoms with Crippen LogP contribution >= 0.6 is 0 Å². The maximum Gasteiger partial charge on any atom is 0.120 e. The smallest absolute Gasteiger partial charge is 0.120 e. The molecule has 14 heavy (non-hydrogen) atoms. The molecule has 0 saturated heterocycles. The minimum atomic E-state index is 0.419. The summed E-state index contributed by atoms with van der Waals surface area (Å²) in [7, 11) is 0. The first-order valence-corrected chi connectivity index (χ1v) is 4.85. The largest absolute Gasteiger partial charge is 0.494 e. The first kappa shape index (κ1) is 10.6. The molecular formula is C12H15NO. The molecule has 0 amide bonds. The van der Waals surface area contributed by atoms with E-state index in [1.54, 1.807) is 6.07 Å². The SMILES string of the molecule is CCOc1cc(C#N)cc(C(C)C)c1. The van der Waals surface area contributed by atoms with Gasteiger partial charge in [0.05, 0.1) is 18.2 Å². The van der Waals surface area contributed by atoms with Crippen LogP contribution in [0.2, 0.25) is 0 Å². The van der Waals surface area contributed by atoms with E-state index >= 15 is 0 Å². The molecule has 2 heteroatoms. The van der Waals surface area contributed by atoms with Gasteiger partial charge in [-0.3, -0.25) is 0 Å². The molecule has 74 valence electrons. The Labute approximate surface area is 85.1 Å². The molecule has 1 aromatic carbocycles. The van der Waals surface area contributed by atoms with Crippen molar-refractivity contribution in [1.29, 1.82) is 5.26 Å². The fraction of sp³-hybridized carbons (Fsp3) is 0.417. The van der Waals surface area contributed by atoms with Crippen LogP contribution in [0.1, 0.15) is 37.8 Å². The molecule has 0 atom stereocenters. The van der Waals surface area contributed by atoms with Gasteiger partial charge in [0.25, 0.3) is 0 Å². The Kier molecular flexibility index (Phi) is 3.53. The van der Waals surface area contributed by atoms with Crippen LogP contribution in [0.3, 0.4) is 0 Å². The third kappa shape index (κ3) is 2.50. The molecule has 0 saturated carbocycles. The normalized spacial score (nSPS) is 9.93. The summed E-state index contributed by atoms with van der Waals surface area (Å²) in [5.41, 5.74) is 1.81. The van der Waals surface area contributed by atoms with Crippen LogP contribution in [-0.2, 0) is 0 Å². The lowest BCUT2D eigenvalue weighted by atomic mass is 10.0. The molecule has 0 heterocycles. The predicted molar refractivity (Wildman–Crippen MR) is 56.4 cm³/mol. The molecular weight excluding hydrogens is 174 g/mol. The van der Waals surface area contributed by atoms with Crippen LogP contribution in [0.15, 0.2) is 18.2 Å². The summed E-state index contributed by atoms with van der Waals surface area (Å²) in [6.07, 6.45) is 0. The lowest BCUT2D eigenvalue weighted by Crippen LogP contribution is -1.95. The van der Waals surface area contributed by atoms with Crippen molar-refractivity contribution in [3.63, 3.8) is 0 Å². The number of nitriles is 1. The van der Waals surface area contributed by atoms with Crippen LogP contribution in [0, 0.1) is 11.3 Å². The maximum atomic E-state index is 8.83. The van der Waals surface area contributed by atoms with Gasteiger partial charge in [-0.05, 0) is 36.6 Å². The van der Waals surface area contributed by atoms with E-state index in [0.717, 1.165) is 11.3 Å². The number of ether oxygens (including phenoxy) is 1. The summed E-state index contributed by atoms with van der Waals surface area (Å²) in [5, 5.41) is 8.83. The van der Waals surface area contributed by atoms with Gasteiger partial charge in [-0.1, -0.05) is 13.8 Å². The quantitative estimate of drug-likeness (QED) is 0.732.